The zero-order valence-electron chi connectivity index (χ0n) is 22.5. The molecule has 1 nitrogen and oxygen atoms in total. The van der Waals surface area contributed by atoms with Crippen molar-refractivity contribution in [3.63, 3.8) is 0 Å². The van der Waals surface area contributed by atoms with Crippen LogP contribution in [0.15, 0.2) is 97.1 Å². The van der Waals surface area contributed by atoms with E-state index in [9.17, 15) is 0 Å². The van der Waals surface area contributed by atoms with Crippen LogP contribution in [0.4, 0.5) is 0 Å². The Morgan fingerprint density at radius 1 is 0.658 bits per heavy atom. The van der Waals surface area contributed by atoms with Crippen LogP contribution in [0.5, 0.6) is 0 Å². The summed E-state index contributed by atoms with van der Waals surface area (Å²) in [5, 5.41) is 2.70. The van der Waals surface area contributed by atoms with E-state index >= 15 is 0 Å². The average Bonchev–Trinajstić information content (AvgIpc) is 3.42. The van der Waals surface area contributed by atoms with Gasteiger partial charge in [0.05, 0.1) is 22.1 Å². The van der Waals surface area contributed by atoms with Gasteiger partial charge in [0.1, 0.15) is 0 Å². The first-order valence-electron chi connectivity index (χ1n) is 13.9. The molecule has 2 heterocycles. The minimum atomic E-state index is -0.352. The molecule has 0 N–H and O–H groups in total. The van der Waals surface area contributed by atoms with Gasteiger partial charge in [0.2, 0.25) is 0 Å². The standard InChI is InChI=1S/C37H31N/c1-5-24(4)25-15-17-35-32(21-25)37(30-12-8-6-10-26(30)27-11-7-9-13-31(27)37)33-20-23(3)19-29-28-18-22(2)14-16-34(28)38(35)36(29)33/h6-21,24H,5H2,1-4H3. The number of nitrogens with zero attached hydrogens (tertiary/aromatic N) is 1. The number of rotatable bonds is 2. The highest BCUT2D eigenvalue weighted by atomic mass is 15.0. The highest BCUT2D eigenvalue weighted by Gasteiger charge is 2.50. The van der Waals surface area contributed by atoms with E-state index in [4.69, 9.17) is 0 Å². The summed E-state index contributed by atoms with van der Waals surface area (Å²) in [6.45, 7) is 9.12. The summed E-state index contributed by atoms with van der Waals surface area (Å²) in [5.74, 6) is 0.507. The first kappa shape index (κ1) is 21.9. The molecule has 1 spiro atoms. The van der Waals surface area contributed by atoms with Crippen molar-refractivity contribution in [3.05, 3.63) is 136 Å². The van der Waals surface area contributed by atoms with Gasteiger partial charge < -0.3 is 4.57 Å². The molecule has 5 aromatic carbocycles. The molecule has 1 aliphatic heterocycles. The smallest absolute Gasteiger partial charge is 0.0754 e. The molecule has 1 unspecified atom stereocenters. The number of hydrogen-bond donors (Lipinski definition) is 0. The predicted molar refractivity (Wildman–Crippen MR) is 160 cm³/mol. The second-order valence-electron chi connectivity index (χ2n) is 11.5. The van der Waals surface area contributed by atoms with Crippen LogP contribution in [-0.2, 0) is 5.41 Å². The van der Waals surface area contributed by atoms with Gasteiger partial charge >= 0.3 is 0 Å². The molecule has 1 heteroatoms. The van der Waals surface area contributed by atoms with E-state index in [0.29, 0.717) is 5.92 Å². The van der Waals surface area contributed by atoms with Crippen LogP contribution in [0, 0.1) is 13.8 Å². The molecule has 38 heavy (non-hydrogen) atoms. The number of fused-ring (bicyclic) bond motifs is 12. The minimum Gasteiger partial charge on any atom is -0.309 e. The molecule has 6 aromatic rings. The molecule has 0 amide bonds. The molecule has 2 aliphatic rings. The Bertz CT molecular complexity index is 1900. The van der Waals surface area contributed by atoms with Crippen LogP contribution in [0.2, 0.25) is 0 Å². The van der Waals surface area contributed by atoms with Gasteiger partial charge in [-0.05, 0) is 89.4 Å². The molecule has 1 aromatic heterocycles. The van der Waals surface area contributed by atoms with Crippen LogP contribution < -0.4 is 0 Å². The lowest BCUT2D eigenvalue weighted by atomic mass is 9.64. The Morgan fingerprint density at radius 3 is 2.05 bits per heavy atom. The molecule has 0 saturated heterocycles. The molecular formula is C37H31N. The van der Waals surface area contributed by atoms with Crippen molar-refractivity contribution in [1.29, 1.82) is 0 Å². The van der Waals surface area contributed by atoms with Crippen LogP contribution in [0.25, 0.3) is 38.6 Å². The first-order chi connectivity index (χ1) is 18.5. The normalized spacial score (nSPS) is 15.1. The summed E-state index contributed by atoms with van der Waals surface area (Å²) in [6.07, 6.45) is 1.13. The van der Waals surface area contributed by atoms with E-state index in [-0.39, 0.29) is 5.41 Å². The molecule has 0 radical (unpaired) electrons. The van der Waals surface area contributed by atoms with Crippen LogP contribution in [0.1, 0.15) is 65.1 Å². The van der Waals surface area contributed by atoms with Gasteiger partial charge in [-0.3, -0.25) is 0 Å². The average molecular weight is 490 g/mol. The lowest BCUT2D eigenvalue weighted by Crippen LogP contribution is -2.33. The van der Waals surface area contributed by atoms with Gasteiger partial charge in [-0.1, -0.05) is 97.8 Å². The van der Waals surface area contributed by atoms with Gasteiger partial charge in [-0.2, -0.15) is 0 Å². The van der Waals surface area contributed by atoms with E-state index in [1.807, 2.05) is 0 Å². The summed E-state index contributed by atoms with van der Waals surface area (Å²) in [4.78, 5) is 0. The zero-order valence-corrected chi connectivity index (χ0v) is 22.5. The topological polar surface area (TPSA) is 4.93 Å². The number of aromatic nitrogens is 1. The molecule has 0 fully saturated rings. The lowest BCUT2D eigenvalue weighted by Gasteiger charge is -2.40. The van der Waals surface area contributed by atoms with Gasteiger partial charge in [-0.15, -0.1) is 0 Å². The Labute approximate surface area is 224 Å². The Balaban J connectivity index is 1.67. The third kappa shape index (κ3) is 2.52. The Morgan fingerprint density at radius 2 is 1.34 bits per heavy atom. The van der Waals surface area contributed by atoms with Crippen molar-refractivity contribution in [1.82, 2.24) is 4.57 Å². The van der Waals surface area contributed by atoms with Crippen molar-refractivity contribution < 1.29 is 0 Å². The Hall–Kier alpha value is -4.10. The Kier molecular flexibility index (Phi) is 4.32. The highest BCUT2D eigenvalue weighted by Crippen LogP contribution is 2.61. The van der Waals surface area contributed by atoms with Crippen LogP contribution in [0.3, 0.4) is 0 Å². The van der Waals surface area contributed by atoms with E-state index in [0.717, 1.165) is 6.42 Å². The molecule has 0 saturated carbocycles. The molecule has 0 bridgehead atoms. The first-order valence-corrected chi connectivity index (χ1v) is 13.9. The van der Waals surface area contributed by atoms with E-state index in [1.54, 1.807) is 0 Å². The maximum Gasteiger partial charge on any atom is 0.0754 e. The summed E-state index contributed by atoms with van der Waals surface area (Å²) in [6, 6.07) is 37.4. The van der Waals surface area contributed by atoms with Gasteiger partial charge in [-0.25, -0.2) is 0 Å². The summed E-state index contributed by atoms with van der Waals surface area (Å²) in [5.41, 5.74) is 16.0. The lowest BCUT2D eigenvalue weighted by molar-refractivity contribution is 0.713. The summed E-state index contributed by atoms with van der Waals surface area (Å²) in [7, 11) is 0. The SMILES string of the molecule is CCC(C)c1ccc2c(c1)C1(c3ccccc3-c3ccccc31)c1cc(C)cc3c4cc(C)ccc4n-2c13. The predicted octanol–water partition coefficient (Wildman–Crippen LogP) is 9.59. The fraction of sp³-hybridized carbons (Fsp3) is 0.189. The fourth-order valence-corrected chi connectivity index (χ4v) is 7.49. The van der Waals surface area contributed by atoms with Gasteiger partial charge in [0.15, 0.2) is 0 Å². The molecule has 8 rings (SSSR count). The second kappa shape index (κ2) is 7.48. The van der Waals surface area contributed by atoms with E-state index in [2.05, 4.69) is 129 Å². The summed E-state index contributed by atoms with van der Waals surface area (Å²) < 4.78 is 2.56. The number of hydrogen-bond acceptors (Lipinski definition) is 0. The van der Waals surface area contributed by atoms with Crippen molar-refractivity contribution in [2.45, 2.75) is 45.4 Å². The molecule has 1 aliphatic carbocycles. The molecule has 184 valence electrons. The van der Waals surface area contributed by atoms with Crippen molar-refractivity contribution in [2.24, 2.45) is 0 Å². The summed E-state index contributed by atoms with van der Waals surface area (Å²) >= 11 is 0. The van der Waals surface area contributed by atoms with E-state index in [1.165, 1.54) is 77.6 Å². The van der Waals surface area contributed by atoms with E-state index < -0.39 is 0 Å². The molecule has 1 atom stereocenters. The van der Waals surface area contributed by atoms with Crippen molar-refractivity contribution in [2.75, 3.05) is 0 Å². The number of benzene rings is 5. The quantitative estimate of drug-likeness (QED) is 0.228. The fourth-order valence-electron chi connectivity index (χ4n) is 7.49. The van der Waals surface area contributed by atoms with Gasteiger partial charge in [0, 0.05) is 10.8 Å². The van der Waals surface area contributed by atoms with Crippen LogP contribution in [-0.4, -0.2) is 4.57 Å². The largest absolute Gasteiger partial charge is 0.309 e. The maximum absolute atomic E-state index is 2.56. The van der Waals surface area contributed by atoms with Crippen molar-refractivity contribution in [3.8, 4) is 16.8 Å². The highest BCUT2D eigenvalue weighted by molar-refractivity contribution is 6.13. The van der Waals surface area contributed by atoms with Crippen molar-refractivity contribution >= 4 is 21.8 Å². The maximum atomic E-state index is 2.56. The van der Waals surface area contributed by atoms with Gasteiger partial charge in [0.25, 0.3) is 0 Å². The van der Waals surface area contributed by atoms with Crippen LogP contribution >= 0.6 is 0 Å². The third-order valence-electron chi connectivity index (χ3n) is 9.36. The molecular weight excluding hydrogens is 458 g/mol. The minimum absolute atomic E-state index is 0.352. The third-order valence-corrected chi connectivity index (χ3v) is 9.36. The monoisotopic (exact) mass is 489 g/mol. The second-order valence-corrected chi connectivity index (χ2v) is 11.5. The number of aryl methyl sites for hydroxylation is 2. The zero-order chi connectivity index (χ0) is 25.8.